The van der Waals surface area contributed by atoms with E-state index < -0.39 is 12.0 Å². The van der Waals surface area contributed by atoms with Gasteiger partial charge in [-0.3, -0.25) is 9.69 Å². The van der Waals surface area contributed by atoms with Crippen molar-refractivity contribution in [3.8, 4) is 0 Å². The standard InChI is InChI=1S/C10H15N5O3/c16-10(17)8-6-18-4-3-14(8)5-9-11-12-13-15(9)7-1-2-7/h7-8H,1-6H2,(H,16,17). The molecule has 1 saturated heterocycles. The molecule has 1 aromatic heterocycles. The molecule has 0 spiro atoms. The van der Waals surface area contributed by atoms with Gasteiger partial charge in [-0.25, -0.2) is 4.68 Å². The molecular formula is C10H15N5O3. The number of nitrogens with zero attached hydrogens (tertiary/aromatic N) is 5. The van der Waals surface area contributed by atoms with Crippen molar-refractivity contribution in [3.05, 3.63) is 5.82 Å². The van der Waals surface area contributed by atoms with E-state index in [1.165, 1.54) is 0 Å². The lowest BCUT2D eigenvalue weighted by molar-refractivity contribution is -0.150. The number of aromatic nitrogens is 4. The molecule has 1 atom stereocenters. The zero-order valence-corrected chi connectivity index (χ0v) is 9.90. The van der Waals surface area contributed by atoms with E-state index in [0.717, 1.165) is 18.7 Å². The molecule has 2 fully saturated rings. The van der Waals surface area contributed by atoms with Gasteiger partial charge in [0.1, 0.15) is 6.04 Å². The van der Waals surface area contributed by atoms with Gasteiger partial charge >= 0.3 is 5.97 Å². The molecule has 2 heterocycles. The number of carboxylic acid groups (broad SMARTS) is 1. The average molecular weight is 253 g/mol. The Labute approximate surface area is 104 Å². The Balaban J connectivity index is 1.73. The summed E-state index contributed by atoms with van der Waals surface area (Å²) in [4.78, 5) is 13.0. The smallest absolute Gasteiger partial charge is 0.323 e. The van der Waals surface area contributed by atoms with Crippen molar-refractivity contribution >= 4 is 5.97 Å². The fourth-order valence-electron chi connectivity index (χ4n) is 2.16. The molecule has 0 bridgehead atoms. The van der Waals surface area contributed by atoms with Crippen LogP contribution in [0, 0.1) is 0 Å². The van der Waals surface area contributed by atoms with Crippen molar-refractivity contribution in [1.29, 1.82) is 0 Å². The largest absolute Gasteiger partial charge is 0.480 e. The number of morpholine rings is 1. The molecule has 8 nitrogen and oxygen atoms in total. The van der Waals surface area contributed by atoms with E-state index in [2.05, 4.69) is 15.5 Å². The molecule has 18 heavy (non-hydrogen) atoms. The molecule has 98 valence electrons. The maximum Gasteiger partial charge on any atom is 0.323 e. The summed E-state index contributed by atoms with van der Waals surface area (Å²) < 4.78 is 7.02. The van der Waals surface area contributed by atoms with Crippen molar-refractivity contribution in [3.63, 3.8) is 0 Å². The Hall–Kier alpha value is -1.54. The van der Waals surface area contributed by atoms with Crippen molar-refractivity contribution in [2.45, 2.75) is 31.5 Å². The van der Waals surface area contributed by atoms with Crippen LogP contribution in [0.15, 0.2) is 0 Å². The van der Waals surface area contributed by atoms with Gasteiger partial charge in [-0.1, -0.05) is 0 Å². The van der Waals surface area contributed by atoms with Gasteiger partial charge in [-0.05, 0) is 23.3 Å². The summed E-state index contributed by atoms with van der Waals surface area (Å²) in [5.41, 5.74) is 0. The van der Waals surface area contributed by atoms with Crippen molar-refractivity contribution < 1.29 is 14.6 Å². The minimum atomic E-state index is -0.861. The zero-order chi connectivity index (χ0) is 12.5. The molecule has 3 rings (SSSR count). The summed E-state index contributed by atoms with van der Waals surface area (Å²) in [5, 5.41) is 20.8. The van der Waals surface area contributed by atoms with Gasteiger partial charge in [0.15, 0.2) is 5.82 Å². The molecule has 1 aliphatic carbocycles. The third-order valence-electron chi connectivity index (χ3n) is 3.32. The summed E-state index contributed by atoms with van der Waals surface area (Å²) in [6, 6.07) is -0.206. The first-order chi connectivity index (χ1) is 8.75. The molecule has 1 aromatic rings. The van der Waals surface area contributed by atoms with E-state index in [9.17, 15) is 4.79 Å². The van der Waals surface area contributed by atoms with E-state index in [-0.39, 0.29) is 6.61 Å². The molecule has 1 aliphatic heterocycles. The van der Waals surface area contributed by atoms with Crippen LogP contribution in [0.25, 0.3) is 0 Å². The second-order valence-electron chi connectivity index (χ2n) is 4.67. The van der Waals surface area contributed by atoms with Crippen LogP contribution in [0.1, 0.15) is 24.7 Å². The Bertz CT molecular complexity index is 444. The fraction of sp³-hybridized carbons (Fsp3) is 0.800. The summed E-state index contributed by atoms with van der Waals surface area (Å²) in [5.74, 6) is -0.120. The quantitative estimate of drug-likeness (QED) is 0.757. The Kier molecular flexibility index (Phi) is 2.96. The van der Waals surface area contributed by atoms with E-state index >= 15 is 0 Å². The van der Waals surface area contributed by atoms with Crippen LogP contribution in [-0.2, 0) is 16.1 Å². The van der Waals surface area contributed by atoms with E-state index in [1.807, 2.05) is 9.58 Å². The number of carboxylic acids is 1. The molecule has 1 saturated carbocycles. The lowest BCUT2D eigenvalue weighted by Gasteiger charge is -2.32. The van der Waals surface area contributed by atoms with E-state index in [0.29, 0.717) is 25.7 Å². The predicted molar refractivity (Wildman–Crippen MR) is 58.7 cm³/mol. The van der Waals surface area contributed by atoms with Gasteiger partial charge in [-0.2, -0.15) is 0 Å². The molecule has 8 heteroatoms. The number of hydrogen-bond acceptors (Lipinski definition) is 6. The highest BCUT2D eigenvalue weighted by Gasteiger charge is 2.33. The normalized spacial score (nSPS) is 25.2. The first-order valence-electron chi connectivity index (χ1n) is 6.07. The lowest BCUT2D eigenvalue weighted by atomic mass is 10.2. The van der Waals surface area contributed by atoms with Crippen LogP contribution < -0.4 is 0 Å². The number of ether oxygens (including phenoxy) is 1. The third-order valence-corrected chi connectivity index (χ3v) is 3.32. The van der Waals surface area contributed by atoms with Crippen LogP contribution in [0.2, 0.25) is 0 Å². The minimum Gasteiger partial charge on any atom is -0.480 e. The number of aliphatic carboxylic acids is 1. The maximum atomic E-state index is 11.1. The second kappa shape index (κ2) is 4.62. The highest BCUT2D eigenvalue weighted by molar-refractivity contribution is 5.73. The number of tetrazole rings is 1. The van der Waals surface area contributed by atoms with Gasteiger partial charge in [0.2, 0.25) is 0 Å². The number of hydrogen-bond donors (Lipinski definition) is 1. The average Bonchev–Trinajstić information content (AvgIpc) is 3.11. The van der Waals surface area contributed by atoms with Crippen LogP contribution in [0.5, 0.6) is 0 Å². The predicted octanol–water partition coefficient (Wildman–Crippen LogP) is -0.707. The molecule has 0 amide bonds. The van der Waals surface area contributed by atoms with Crippen molar-refractivity contribution in [1.82, 2.24) is 25.1 Å². The molecule has 0 aromatic carbocycles. The monoisotopic (exact) mass is 253 g/mol. The van der Waals surface area contributed by atoms with Crippen molar-refractivity contribution in [2.75, 3.05) is 19.8 Å². The van der Waals surface area contributed by atoms with Gasteiger partial charge in [0.05, 0.1) is 25.8 Å². The topological polar surface area (TPSA) is 93.4 Å². The molecule has 1 unspecified atom stereocenters. The Morgan fingerprint density at radius 2 is 2.33 bits per heavy atom. The first kappa shape index (κ1) is 11.5. The molecule has 1 N–H and O–H groups in total. The van der Waals surface area contributed by atoms with Gasteiger partial charge in [0.25, 0.3) is 0 Å². The molecular weight excluding hydrogens is 238 g/mol. The Morgan fingerprint density at radius 3 is 3.06 bits per heavy atom. The number of rotatable bonds is 4. The van der Waals surface area contributed by atoms with E-state index in [1.54, 1.807) is 0 Å². The van der Waals surface area contributed by atoms with Gasteiger partial charge in [-0.15, -0.1) is 5.10 Å². The van der Waals surface area contributed by atoms with Crippen LogP contribution in [0.4, 0.5) is 0 Å². The van der Waals surface area contributed by atoms with E-state index in [4.69, 9.17) is 9.84 Å². The molecule has 2 aliphatic rings. The highest BCUT2D eigenvalue weighted by atomic mass is 16.5. The highest BCUT2D eigenvalue weighted by Crippen LogP contribution is 2.34. The summed E-state index contributed by atoms with van der Waals surface area (Å²) in [6.45, 7) is 1.83. The SMILES string of the molecule is O=C(O)C1COCCN1Cc1nnnn1C1CC1. The van der Waals surface area contributed by atoms with Gasteiger partial charge < -0.3 is 9.84 Å². The van der Waals surface area contributed by atoms with Crippen LogP contribution >= 0.6 is 0 Å². The first-order valence-corrected chi connectivity index (χ1v) is 6.07. The maximum absolute atomic E-state index is 11.1. The summed E-state index contributed by atoms with van der Waals surface area (Å²) in [6.07, 6.45) is 2.20. The fourth-order valence-corrected chi connectivity index (χ4v) is 2.16. The molecule has 0 radical (unpaired) electrons. The summed E-state index contributed by atoms with van der Waals surface area (Å²) in [7, 11) is 0. The Morgan fingerprint density at radius 1 is 1.50 bits per heavy atom. The number of carbonyl (C=O) groups is 1. The minimum absolute atomic E-state index is 0.223. The van der Waals surface area contributed by atoms with Crippen molar-refractivity contribution in [2.24, 2.45) is 0 Å². The van der Waals surface area contributed by atoms with Crippen LogP contribution in [-0.4, -0.2) is 62.0 Å². The zero-order valence-electron chi connectivity index (χ0n) is 9.90. The second-order valence-corrected chi connectivity index (χ2v) is 4.67. The van der Waals surface area contributed by atoms with Gasteiger partial charge in [0, 0.05) is 6.54 Å². The summed E-state index contributed by atoms with van der Waals surface area (Å²) >= 11 is 0. The van der Waals surface area contributed by atoms with Crippen LogP contribution in [0.3, 0.4) is 0 Å². The third kappa shape index (κ3) is 2.21. The lowest BCUT2D eigenvalue weighted by Crippen LogP contribution is -2.49.